The third-order valence-corrected chi connectivity index (χ3v) is 5.21. The lowest BCUT2D eigenvalue weighted by Gasteiger charge is -2.22. The SMILES string of the molecule is COc1cc(Br)cc(S(=O)(=O)NCC2CCCNC2)c1.Cl. The van der Waals surface area contributed by atoms with E-state index in [0.29, 0.717) is 22.7 Å². The van der Waals surface area contributed by atoms with Crippen molar-refractivity contribution in [3.05, 3.63) is 22.7 Å². The highest BCUT2D eigenvalue weighted by Crippen LogP contribution is 2.24. The molecular formula is C13H20BrClN2O3S. The van der Waals surface area contributed by atoms with Crippen molar-refractivity contribution in [3.63, 3.8) is 0 Å². The van der Waals surface area contributed by atoms with Gasteiger partial charge in [0.2, 0.25) is 10.0 Å². The summed E-state index contributed by atoms with van der Waals surface area (Å²) in [6.45, 7) is 2.35. The van der Waals surface area contributed by atoms with Crippen LogP contribution in [0.15, 0.2) is 27.6 Å². The number of halogens is 2. The number of ether oxygens (including phenoxy) is 1. The molecule has 0 aromatic heterocycles. The van der Waals surface area contributed by atoms with Gasteiger partial charge in [-0.3, -0.25) is 0 Å². The molecule has 0 amide bonds. The monoisotopic (exact) mass is 398 g/mol. The van der Waals surface area contributed by atoms with Crippen LogP contribution in [0.4, 0.5) is 0 Å². The number of methoxy groups -OCH3 is 1. The van der Waals surface area contributed by atoms with Crippen LogP contribution in [0, 0.1) is 5.92 Å². The van der Waals surface area contributed by atoms with Gasteiger partial charge >= 0.3 is 0 Å². The fourth-order valence-corrected chi connectivity index (χ4v) is 4.02. The average Bonchev–Trinajstić information content (AvgIpc) is 2.45. The first-order valence-electron chi connectivity index (χ1n) is 6.56. The summed E-state index contributed by atoms with van der Waals surface area (Å²) in [6, 6.07) is 4.82. The Morgan fingerprint density at radius 1 is 1.43 bits per heavy atom. The highest BCUT2D eigenvalue weighted by atomic mass is 79.9. The Kier molecular flexibility index (Phi) is 7.42. The minimum atomic E-state index is -3.50. The van der Waals surface area contributed by atoms with E-state index in [9.17, 15) is 8.42 Å². The Morgan fingerprint density at radius 2 is 2.19 bits per heavy atom. The highest BCUT2D eigenvalue weighted by Gasteiger charge is 2.19. The average molecular weight is 400 g/mol. The van der Waals surface area contributed by atoms with Gasteiger partial charge < -0.3 is 10.1 Å². The van der Waals surface area contributed by atoms with Gasteiger partial charge in [0.1, 0.15) is 5.75 Å². The lowest BCUT2D eigenvalue weighted by atomic mass is 10.0. The van der Waals surface area contributed by atoms with Gasteiger partial charge in [0.25, 0.3) is 0 Å². The zero-order chi connectivity index (χ0) is 14.6. The second-order valence-corrected chi connectivity index (χ2v) is 7.57. The summed E-state index contributed by atoms with van der Waals surface area (Å²) >= 11 is 3.29. The van der Waals surface area contributed by atoms with E-state index in [1.807, 2.05) is 0 Å². The molecule has 1 aromatic rings. The molecule has 0 aliphatic carbocycles. The number of hydrogen-bond donors (Lipinski definition) is 2. The van der Waals surface area contributed by atoms with E-state index in [0.717, 1.165) is 25.9 Å². The van der Waals surface area contributed by atoms with E-state index in [1.165, 1.54) is 13.2 Å². The first-order valence-corrected chi connectivity index (χ1v) is 8.84. The predicted octanol–water partition coefficient (Wildman–Crippen LogP) is 2.16. The molecule has 1 heterocycles. The molecule has 1 atom stereocenters. The fourth-order valence-electron chi connectivity index (χ4n) is 2.22. The summed E-state index contributed by atoms with van der Waals surface area (Å²) in [6.07, 6.45) is 2.15. The Morgan fingerprint density at radius 3 is 2.81 bits per heavy atom. The molecule has 1 fully saturated rings. The molecule has 0 saturated carbocycles. The first-order chi connectivity index (χ1) is 9.51. The van der Waals surface area contributed by atoms with Crippen LogP contribution in [0.3, 0.4) is 0 Å². The van der Waals surface area contributed by atoms with E-state index < -0.39 is 10.0 Å². The van der Waals surface area contributed by atoms with Crippen molar-refractivity contribution < 1.29 is 13.2 Å². The molecule has 1 aromatic carbocycles. The predicted molar refractivity (Wildman–Crippen MR) is 88.7 cm³/mol. The lowest BCUT2D eigenvalue weighted by Crippen LogP contribution is -2.38. The van der Waals surface area contributed by atoms with Crippen LogP contribution in [0.5, 0.6) is 5.75 Å². The Bertz CT molecular complexity index is 563. The normalized spacial score (nSPS) is 18.9. The van der Waals surface area contributed by atoms with Gasteiger partial charge in [-0.15, -0.1) is 12.4 Å². The minimum absolute atomic E-state index is 0. The van der Waals surface area contributed by atoms with E-state index >= 15 is 0 Å². The second kappa shape index (κ2) is 8.33. The second-order valence-electron chi connectivity index (χ2n) is 4.89. The van der Waals surface area contributed by atoms with Crippen molar-refractivity contribution in [3.8, 4) is 5.75 Å². The molecule has 1 aliphatic rings. The van der Waals surface area contributed by atoms with E-state index in [-0.39, 0.29) is 17.3 Å². The molecule has 8 heteroatoms. The summed E-state index contributed by atoms with van der Waals surface area (Å²) in [5.74, 6) is 0.867. The maximum absolute atomic E-state index is 12.3. The van der Waals surface area contributed by atoms with Gasteiger partial charge in [0, 0.05) is 17.1 Å². The van der Waals surface area contributed by atoms with Crippen LogP contribution in [-0.4, -0.2) is 35.2 Å². The van der Waals surface area contributed by atoms with Crippen molar-refractivity contribution in [1.82, 2.24) is 10.0 Å². The van der Waals surface area contributed by atoms with Crippen LogP contribution >= 0.6 is 28.3 Å². The molecule has 1 saturated heterocycles. The van der Waals surface area contributed by atoms with Gasteiger partial charge in [-0.25, -0.2) is 13.1 Å². The number of rotatable bonds is 5. The van der Waals surface area contributed by atoms with Crippen LogP contribution in [0.2, 0.25) is 0 Å². The number of benzene rings is 1. The molecule has 0 radical (unpaired) electrons. The molecule has 2 rings (SSSR count). The molecule has 2 N–H and O–H groups in total. The Labute approximate surface area is 140 Å². The fraction of sp³-hybridized carbons (Fsp3) is 0.538. The molecule has 0 bridgehead atoms. The Hall–Kier alpha value is -0.340. The number of piperidine rings is 1. The van der Waals surface area contributed by atoms with Gasteiger partial charge in [-0.1, -0.05) is 15.9 Å². The van der Waals surface area contributed by atoms with Gasteiger partial charge in [0.15, 0.2) is 0 Å². The van der Waals surface area contributed by atoms with Gasteiger partial charge in [0.05, 0.1) is 12.0 Å². The molecule has 1 unspecified atom stereocenters. The summed E-state index contributed by atoms with van der Waals surface area (Å²) in [4.78, 5) is 0.215. The third-order valence-electron chi connectivity index (χ3n) is 3.35. The topological polar surface area (TPSA) is 67.4 Å². The van der Waals surface area contributed by atoms with Crippen molar-refractivity contribution in [2.75, 3.05) is 26.7 Å². The zero-order valence-electron chi connectivity index (χ0n) is 11.8. The molecule has 120 valence electrons. The van der Waals surface area contributed by atoms with Crippen molar-refractivity contribution in [2.24, 2.45) is 5.92 Å². The molecule has 0 spiro atoms. The first kappa shape index (κ1) is 18.7. The van der Waals surface area contributed by atoms with E-state index in [1.54, 1.807) is 12.1 Å². The molecular weight excluding hydrogens is 380 g/mol. The lowest BCUT2D eigenvalue weighted by molar-refractivity contribution is 0.375. The Balaban J connectivity index is 0.00000220. The summed E-state index contributed by atoms with van der Waals surface area (Å²) < 4.78 is 33.0. The largest absolute Gasteiger partial charge is 0.497 e. The van der Waals surface area contributed by atoms with Crippen molar-refractivity contribution in [1.29, 1.82) is 0 Å². The molecule has 21 heavy (non-hydrogen) atoms. The quantitative estimate of drug-likeness (QED) is 0.796. The van der Waals surface area contributed by atoms with Crippen LogP contribution < -0.4 is 14.8 Å². The maximum atomic E-state index is 12.3. The summed E-state index contributed by atoms with van der Waals surface area (Å²) in [7, 11) is -1.99. The van der Waals surface area contributed by atoms with Crippen LogP contribution in [0.25, 0.3) is 0 Å². The minimum Gasteiger partial charge on any atom is -0.497 e. The number of nitrogens with one attached hydrogen (secondary N) is 2. The van der Waals surface area contributed by atoms with Gasteiger partial charge in [-0.2, -0.15) is 0 Å². The van der Waals surface area contributed by atoms with Gasteiger partial charge in [-0.05, 0) is 44.0 Å². The molecule has 5 nitrogen and oxygen atoms in total. The van der Waals surface area contributed by atoms with E-state index in [4.69, 9.17) is 4.74 Å². The smallest absolute Gasteiger partial charge is 0.240 e. The highest BCUT2D eigenvalue weighted by molar-refractivity contribution is 9.10. The summed E-state index contributed by atoms with van der Waals surface area (Å²) in [5.41, 5.74) is 0. The summed E-state index contributed by atoms with van der Waals surface area (Å²) in [5, 5.41) is 3.28. The third kappa shape index (κ3) is 5.41. The van der Waals surface area contributed by atoms with Crippen LogP contribution in [0.1, 0.15) is 12.8 Å². The standard InChI is InChI=1S/C13H19BrN2O3S.ClH/c1-19-12-5-11(14)6-13(7-12)20(17,18)16-9-10-3-2-4-15-8-10;/h5-7,10,15-16H,2-4,8-9H2,1H3;1H. The number of sulfonamides is 1. The zero-order valence-corrected chi connectivity index (χ0v) is 15.0. The van der Waals surface area contributed by atoms with Crippen molar-refractivity contribution >= 4 is 38.4 Å². The van der Waals surface area contributed by atoms with Crippen LogP contribution in [-0.2, 0) is 10.0 Å². The van der Waals surface area contributed by atoms with Crippen molar-refractivity contribution in [2.45, 2.75) is 17.7 Å². The molecule has 1 aliphatic heterocycles. The number of hydrogen-bond acceptors (Lipinski definition) is 4. The maximum Gasteiger partial charge on any atom is 0.240 e. The van der Waals surface area contributed by atoms with E-state index in [2.05, 4.69) is 26.0 Å².